The Hall–Kier alpha value is -0.870. The number of carbonyl (C=O) groups is 1. The van der Waals surface area contributed by atoms with Crippen molar-refractivity contribution in [3.8, 4) is 0 Å². The van der Waals surface area contributed by atoms with Crippen LogP contribution in [0.5, 0.6) is 0 Å². The van der Waals surface area contributed by atoms with Gasteiger partial charge in [-0.1, -0.05) is 28.1 Å². The lowest BCUT2D eigenvalue weighted by Crippen LogP contribution is -2.19. The highest BCUT2D eigenvalue weighted by Crippen LogP contribution is 2.30. The molecule has 0 spiro atoms. The third-order valence-electron chi connectivity index (χ3n) is 3.37. The van der Waals surface area contributed by atoms with Gasteiger partial charge in [0.25, 0.3) is 0 Å². The number of carboxylic acids is 1. The summed E-state index contributed by atoms with van der Waals surface area (Å²) < 4.78 is 6.63. The summed E-state index contributed by atoms with van der Waals surface area (Å²) in [6, 6.07) is 7.50. The maximum absolute atomic E-state index is 11.4. The Morgan fingerprint density at radius 1 is 1.56 bits per heavy atom. The second kappa shape index (κ2) is 5.85. The van der Waals surface area contributed by atoms with Gasteiger partial charge in [0.2, 0.25) is 0 Å². The number of ether oxygens (including phenoxy) is 1. The highest BCUT2D eigenvalue weighted by molar-refractivity contribution is 9.10. The van der Waals surface area contributed by atoms with Gasteiger partial charge >= 0.3 is 5.97 Å². The first-order valence-corrected chi connectivity index (χ1v) is 6.99. The van der Waals surface area contributed by atoms with E-state index in [1.54, 1.807) is 0 Å². The van der Waals surface area contributed by atoms with Crippen LogP contribution in [0, 0.1) is 0 Å². The molecule has 3 nitrogen and oxygen atoms in total. The molecule has 0 saturated carbocycles. The first kappa shape index (κ1) is 13.6. The largest absolute Gasteiger partial charge is 0.481 e. The number of hydrogen-bond donors (Lipinski definition) is 1. The Labute approximate surface area is 115 Å². The fraction of sp³-hybridized carbons (Fsp3) is 0.500. The molecule has 4 heteroatoms. The van der Waals surface area contributed by atoms with Crippen molar-refractivity contribution in [3.05, 3.63) is 34.3 Å². The number of rotatable bonds is 4. The first-order chi connectivity index (χ1) is 8.56. The summed E-state index contributed by atoms with van der Waals surface area (Å²) in [6.07, 6.45) is 2.86. The van der Waals surface area contributed by atoms with Gasteiger partial charge in [0.05, 0.1) is 18.1 Å². The van der Waals surface area contributed by atoms with Crippen molar-refractivity contribution < 1.29 is 14.6 Å². The molecule has 98 valence electrons. The summed E-state index contributed by atoms with van der Waals surface area (Å²) in [5.41, 5.74) is 0.833. The molecule has 0 bridgehead atoms. The summed E-state index contributed by atoms with van der Waals surface area (Å²) in [7, 11) is 0. The zero-order valence-corrected chi connectivity index (χ0v) is 11.9. The molecule has 3 atom stereocenters. The standard InChI is InChI=1S/C14H17BrO3/c1-9-5-6-12(18-9)8-13(14(16)17)10-3-2-4-11(15)7-10/h2-4,7,9,12-13H,5-6,8H2,1H3,(H,16,17). The highest BCUT2D eigenvalue weighted by Gasteiger charge is 2.29. The van der Waals surface area contributed by atoms with Crippen molar-refractivity contribution in [2.45, 2.75) is 44.3 Å². The zero-order chi connectivity index (χ0) is 13.1. The van der Waals surface area contributed by atoms with Crippen molar-refractivity contribution in [3.63, 3.8) is 0 Å². The molecule has 1 aliphatic rings. The number of benzene rings is 1. The fourth-order valence-electron chi connectivity index (χ4n) is 2.42. The van der Waals surface area contributed by atoms with Gasteiger partial charge in [-0.2, -0.15) is 0 Å². The Bertz CT molecular complexity index is 433. The predicted molar refractivity (Wildman–Crippen MR) is 72.7 cm³/mol. The van der Waals surface area contributed by atoms with E-state index in [1.807, 2.05) is 31.2 Å². The number of aliphatic carboxylic acids is 1. The van der Waals surface area contributed by atoms with Gasteiger partial charge in [0, 0.05) is 4.47 Å². The van der Waals surface area contributed by atoms with Crippen LogP contribution in [-0.4, -0.2) is 23.3 Å². The van der Waals surface area contributed by atoms with Crippen molar-refractivity contribution in [1.82, 2.24) is 0 Å². The number of halogens is 1. The molecule has 0 amide bonds. The predicted octanol–water partition coefficient (Wildman–Crippen LogP) is 3.57. The SMILES string of the molecule is CC1CCC(CC(C(=O)O)c2cccc(Br)c2)O1. The molecule has 1 heterocycles. The van der Waals surface area contributed by atoms with Crippen LogP contribution in [0.15, 0.2) is 28.7 Å². The zero-order valence-electron chi connectivity index (χ0n) is 10.3. The normalized spacial score (nSPS) is 25.0. The van der Waals surface area contributed by atoms with Gasteiger partial charge < -0.3 is 9.84 Å². The average Bonchev–Trinajstić information content (AvgIpc) is 2.71. The minimum Gasteiger partial charge on any atom is -0.481 e. The lowest BCUT2D eigenvalue weighted by atomic mass is 9.92. The summed E-state index contributed by atoms with van der Waals surface area (Å²) >= 11 is 3.38. The van der Waals surface area contributed by atoms with E-state index in [4.69, 9.17) is 4.74 Å². The minimum atomic E-state index is -0.781. The van der Waals surface area contributed by atoms with Crippen LogP contribution in [0.4, 0.5) is 0 Å². The van der Waals surface area contributed by atoms with E-state index in [1.165, 1.54) is 0 Å². The van der Waals surface area contributed by atoms with Gasteiger partial charge in [0.1, 0.15) is 0 Å². The van der Waals surface area contributed by atoms with Crippen LogP contribution in [0.1, 0.15) is 37.7 Å². The minimum absolute atomic E-state index is 0.0695. The van der Waals surface area contributed by atoms with Crippen LogP contribution >= 0.6 is 15.9 Å². The summed E-state index contributed by atoms with van der Waals surface area (Å²) in [4.78, 5) is 11.4. The quantitative estimate of drug-likeness (QED) is 0.924. The first-order valence-electron chi connectivity index (χ1n) is 6.20. The van der Waals surface area contributed by atoms with Crippen molar-refractivity contribution in [2.75, 3.05) is 0 Å². The van der Waals surface area contributed by atoms with Crippen LogP contribution < -0.4 is 0 Å². The van der Waals surface area contributed by atoms with E-state index in [0.717, 1.165) is 22.9 Å². The van der Waals surface area contributed by atoms with E-state index in [-0.39, 0.29) is 12.2 Å². The van der Waals surface area contributed by atoms with E-state index < -0.39 is 11.9 Å². The molecule has 1 aliphatic heterocycles. The molecule has 1 aromatic rings. The lowest BCUT2D eigenvalue weighted by Gasteiger charge is -2.18. The van der Waals surface area contributed by atoms with E-state index in [0.29, 0.717) is 6.42 Å². The van der Waals surface area contributed by atoms with Crippen molar-refractivity contribution in [2.24, 2.45) is 0 Å². The second-order valence-electron chi connectivity index (χ2n) is 4.83. The van der Waals surface area contributed by atoms with Gasteiger partial charge in [-0.3, -0.25) is 4.79 Å². The second-order valence-corrected chi connectivity index (χ2v) is 5.74. The average molecular weight is 313 g/mol. The maximum atomic E-state index is 11.4. The summed E-state index contributed by atoms with van der Waals surface area (Å²) in [5.74, 6) is -1.27. The Balaban J connectivity index is 2.11. The number of hydrogen-bond acceptors (Lipinski definition) is 2. The van der Waals surface area contributed by atoms with Gasteiger partial charge in [-0.05, 0) is 43.9 Å². The Morgan fingerprint density at radius 2 is 2.33 bits per heavy atom. The highest BCUT2D eigenvalue weighted by atomic mass is 79.9. The molecule has 0 radical (unpaired) electrons. The molecule has 2 rings (SSSR count). The molecule has 1 aromatic carbocycles. The summed E-state index contributed by atoms with van der Waals surface area (Å²) in [5, 5.41) is 9.37. The van der Waals surface area contributed by atoms with Gasteiger partial charge in [-0.25, -0.2) is 0 Å². The van der Waals surface area contributed by atoms with Crippen molar-refractivity contribution >= 4 is 21.9 Å². The molecule has 18 heavy (non-hydrogen) atoms. The molecule has 3 unspecified atom stereocenters. The molecule has 0 aromatic heterocycles. The van der Waals surface area contributed by atoms with Gasteiger partial charge in [0.15, 0.2) is 0 Å². The van der Waals surface area contributed by atoms with E-state index >= 15 is 0 Å². The van der Waals surface area contributed by atoms with E-state index in [9.17, 15) is 9.90 Å². The van der Waals surface area contributed by atoms with Gasteiger partial charge in [-0.15, -0.1) is 0 Å². The lowest BCUT2D eigenvalue weighted by molar-refractivity contribution is -0.139. The Morgan fingerprint density at radius 3 is 2.89 bits per heavy atom. The number of carboxylic acid groups (broad SMARTS) is 1. The maximum Gasteiger partial charge on any atom is 0.311 e. The van der Waals surface area contributed by atoms with Crippen LogP contribution in [0.3, 0.4) is 0 Å². The molecule has 1 saturated heterocycles. The third-order valence-corrected chi connectivity index (χ3v) is 3.86. The smallest absolute Gasteiger partial charge is 0.311 e. The van der Waals surface area contributed by atoms with Crippen LogP contribution in [-0.2, 0) is 9.53 Å². The molecule has 0 aliphatic carbocycles. The molecular formula is C14H17BrO3. The third kappa shape index (κ3) is 3.33. The summed E-state index contributed by atoms with van der Waals surface area (Å²) in [6.45, 7) is 2.04. The molecular weight excluding hydrogens is 296 g/mol. The fourth-order valence-corrected chi connectivity index (χ4v) is 2.84. The monoisotopic (exact) mass is 312 g/mol. The van der Waals surface area contributed by atoms with Crippen molar-refractivity contribution in [1.29, 1.82) is 0 Å². The molecule has 1 fully saturated rings. The van der Waals surface area contributed by atoms with Crippen LogP contribution in [0.2, 0.25) is 0 Å². The Kier molecular flexibility index (Phi) is 4.40. The van der Waals surface area contributed by atoms with E-state index in [2.05, 4.69) is 15.9 Å². The topological polar surface area (TPSA) is 46.5 Å². The molecule has 1 N–H and O–H groups in total. The van der Waals surface area contributed by atoms with Crippen LogP contribution in [0.25, 0.3) is 0 Å².